The molecule has 1 aliphatic heterocycles. The Morgan fingerprint density at radius 1 is 1.10 bits per heavy atom. The lowest BCUT2D eigenvalue weighted by atomic mass is 9.96. The Bertz CT molecular complexity index is 961. The highest BCUT2D eigenvalue weighted by molar-refractivity contribution is 9.10. The highest BCUT2D eigenvalue weighted by Gasteiger charge is 2.30. The van der Waals surface area contributed by atoms with Crippen LogP contribution in [0.25, 0.3) is 0 Å². The van der Waals surface area contributed by atoms with Crippen molar-refractivity contribution in [3.05, 3.63) is 62.5 Å². The molecule has 0 aromatic heterocycles. The second kappa shape index (κ2) is 10.5. The second-order valence-corrected chi connectivity index (χ2v) is 10.2. The number of nitrogens with one attached hydrogen (secondary N) is 2. The van der Waals surface area contributed by atoms with E-state index in [0.29, 0.717) is 27.7 Å². The first-order valence-corrected chi connectivity index (χ1v) is 12.6. The molecule has 4 nitrogen and oxygen atoms in total. The molecule has 1 aliphatic carbocycles. The van der Waals surface area contributed by atoms with Crippen molar-refractivity contribution in [2.75, 3.05) is 11.6 Å². The molecule has 1 unspecified atom stereocenters. The Morgan fingerprint density at radius 3 is 2.55 bits per heavy atom. The molecule has 2 N–H and O–H groups in total. The minimum Gasteiger partial charge on any atom is -0.360 e. The van der Waals surface area contributed by atoms with Gasteiger partial charge >= 0.3 is 0 Å². The van der Waals surface area contributed by atoms with Gasteiger partial charge in [-0.1, -0.05) is 70.5 Å². The summed E-state index contributed by atoms with van der Waals surface area (Å²) in [6.45, 7) is 0.604. The van der Waals surface area contributed by atoms with Crippen LogP contribution in [0, 0.1) is 0 Å². The Labute approximate surface area is 207 Å². The number of rotatable bonds is 5. The average Bonchev–Trinajstić information content (AvgIpc) is 3.17. The standard InChI is InChI=1S/C23H25BrCl2N4S/c24-16-8-6-15(7-9-16)22-13-19(14-27-23(31)28-18-4-2-1-3-5-18)29-30(22)21-11-10-17(25)12-20(21)26/h6-12,18,22H,1-5,13-14H2,(H2,27,28,31). The third kappa shape index (κ3) is 5.92. The van der Waals surface area contributed by atoms with E-state index in [2.05, 4.69) is 50.8 Å². The van der Waals surface area contributed by atoms with Gasteiger partial charge in [0.1, 0.15) is 0 Å². The molecule has 4 rings (SSSR count). The molecule has 2 aromatic carbocycles. The monoisotopic (exact) mass is 538 g/mol. The van der Waals surface area contributed by atoms with Gasteiger partial charge in [-0.25, -0.2) is 0 Å². The van der Waals surface area contributed by atoms with Gasteiger partial charge in [-0.2, -0.15) is 5.10 Å². The van der Waals surface area contributed by atoms with E-state index in [4.69, 9.17) is 40.5 Å². The molecule has 1 saturated carbocycles. The summed E-state index contributed by atoms with van der Waals surface area (Å²) in [7, 11) is 0. The van der Waals surface area contributed by atoms with Crippen LogP contribution in [0.5, 0.6) is 0 Å². The van der Waals surface area contributed by atoms with Crippen LogP contribution in [0.2, 0.25) is 10.0 Å². The van der Waals surface area contributed by atoms with Crippen LogP contribution < -0.4 is 15.6 Å². The lowest BCUT2D eigenvalue weighted by Crippen LogP contribution is -2.44. The van der Waals surface area contributed by atoms with Gasteiger partial charge in [-0.3, -0.25) is 5.01 Å². The average molecular weight is 540 g/mol. The molecule has 0 amide bonds. The number of benzene rings is 2. The maximum Gasteiger partial charge on any atom is 0.166 e. The molecule has 2 aliphatic rings. The fourth-order valence-electron chi connectivity index (χ4n) is 4.18. The van der Waals surface area contributed by atoms with Gasteiger partial charge in [-0.15, -0.1) is 0 Å². The molecule has 164 valence electrons. The van der Waals surface area contributed by atoms with Crippen LogP contribution in [-0.4, -0.2) is 23.4 Å². The van der Waals surface area contributed by atoms with Crippen molar-refractivity contribution < 1.29 is 0 Å². The Balaban J connectivity index is 1.48. The van der Waals surface area contributed by atoms with Crippen LogP contribution >= 0.6 is 51.3 Å². The first kappa shape index (κ1) is 22.8. The topological polar surface area (TPSA) is 39.7 Å². The van der Waals surface area contributed by atoms with Gasteiger partial charge in [0.15, 0.2) is 5.11 Å². The summed E-state index contributed by atoms with van der Waals surface area (Å²) in [5, 5.41) is 15.6. The number of hydrogen-bond donors (Lipinski definition) is 2. The smallest absolute Gasteiger partial charge is 0.166 e. The Hall–Kier alpha value is -1.34. The van der Waals surface area contributed by atoms with E-state index in [1.165, 1.54) is 37.7 Å². The van der Waals surface area contributed by atoms with Crippen LogP contribution in [0.4, 0.5) is 5.69 Å². The maximum absolute atomic E-state index is 6.52. The minimum absolute atomic E-state index is 0.0588. The molecular weight excluding hydrogens is 515 g/mol. The molecule has 0 radical (unpaired) electrons. The van der Waals surface area contributed by atoms with E-state index >= 15 is 0 Å². The van der Waals surface area contributed by atoms with Crippen molar-refractivity contribution in [3.63, 3.8) is 0 Å². The third-order valence-corrected chi connectivity index (χ3v) is 7.11. The normalized spacial score (nSPS) is 19.3. The Morgan fingerprint density at radius 2 is 1.84 bits per heavy atom. The molecule has 0 bridgehead atoms. The summed E-state index contributed by atoms with van der Waals surface area (Å²) in [6, 6.07) is 14.4. The van der Waals surface area contributed by atoms with E-state index in [1.54, 1.807) is 6.07 Å². The van der Waals surface area contributed by atoms with Crippen molar-refractivity contribution in [3.8, 4) is 0 Å². The van der Waals surface area contributed by atoms with E-state index < -0.39 is 0 Å². The summed E-state index contributed by atoms with van der Waals surface area (Å²) in [5.74, 6) is 0. The van der Waals surface area contributed by atoms with E-state index in [-0.39, 0.29) is 6.04 Å². The maximum atomic E-state index is 6.52. The molecule has 1 fully saturated rings. The van der Waals surface area contributed by atoms with Crippen LogP contribution in [-0.2, 0) is 0 Å². The van der Waals surface area contributed by atoms with Crippen molar-refractivity contribution in [1.29, 1.82) is 0 Å². The number of thiocarbonyl (C=S) groups is 1. The zero-order chi connectivity index (χ0) is 21.8. The van der Waals surface area contributed by atoms with Crippen LogP contribution in [0.1, 0.15) is 50.1 Å². The largest absolute Gasteiger partial charge is 0.360 e. The number of anilines is 1. The van der Waals surface area contributed by atoms with E-state index in [9.17, 15) is 0 Å². The predicted molar refractivity (Wildman–Crippen MR) is 138 cm³/mol. The zero-order valence-corrected chi connectivity index (χ0v) is 21.0. The van der Waals surface area contributed by atoms with Gasteiger partial charge in [0.25, 0.3) is 0 Å². The zero-order valence-electron chi connectivity index (χ0n) is 17.1. The highest BCUT2D eigenvalue weighted by atomic mass is 79.9. The van der Waals surface area contributed by atoms with Crippen molar-refractivity contribution in [2.45, 2.75) is 50.6 Å². The minimum atomic E-state index is 0.0588. The van der Waals surface area contributed by atoms with Gasteiger partial charge in [0.05, 0.1) is 29.0 Å². The molecule has 1 heterocycles. The SMILES string of the molecule is S=C(NCC1=NN(c2ccc(Cl)cc2Cl)C(c2ccc(Br)cc2)C1)NC1CCCCC1. The number of nitrogens with zero attached hydrogens (tertiary/aromatic N) is 2. The fraction of sp³-hybridized carbons (Fsp3) is 0.391. The first-order valence-electron chi connectivity index (χ1n) is 10.6. The van der Waals surface area contributed by atoms with Gasteiger partial charge in [0.2, 0.25) is 0 Å². The first-order chi connectivity index (χ1) is 15.0. The third-order valence-electron chi connectivity index (χ3n) is 5.78. The summed E-state index contributed by atoms with van der Waals surface area (Å²) >= 11 is 21.7. The molecule has 0 spiro atoms. The number of hydrogen-bond acceptors (Lipinski definition) is 3. The lowest BCUT2D eigenvalue weighted by Gasteiger charge is -2.25. The van der Waals surface area contributed by atoms with Crippen LogP contribution in [0.3, 0.4) is 0 Å². The van der Waals surface area contributed by atoms with Crippen molar-refractivity contribution in [2.24, 2.45) is 5.10 Å². The predicted octanol–water partition coefficient (Wildman–Crippen LogP) is 6.86. The molecule has 0 saturated heterocycles. The summed E-state index contributed by atoms with van der Waals surface area (Å²) in [5.41, 5.74) is 3.06. The summed E-state index contributed by atoms with van der Waals surface area (Å²) in [6.07, 6.45) is 7.06. The van der Waals surface area contributed by atoms with Crippen molar-refractivity contribution >= 4 is 67.9 Å². The molecule has 8 heteroatoms. The van der Waals surface area contributed by atoms with Gasteiger partial charge in [-0.05, 0) is 61.0 Å². The second-order valence-electron chi connectivity index (χ2n) is 8.04. The molecule has 1 atom stereocenters. The number of hydrazone groups is 1. The van der Waals surface area contributed by atoms with E-state index in [1.807, 2.05) is 17.1 Å². The van der Waals surface area contributed by atoms with Crippen molar-refractivity contribution in [1.82, 2.24) is 10.6 Å². The van der Waals surface area contributed by atoms with Crippen LogP contribution in [0.15, 0.2) is 52.0 Å². The van der Waals surface area contributed by atoms with Gasteiger partial charge in [0, 0.05) is 22.0 Å². The van der Waals surface area contributed by atoms with Gasteiger partial charge < -0.3 is 10.6 Å². The summed E-state index contributed by atoms with van der Waals surface area (Å²) in [4.78, 5) is 0. The molecular formula is C23H25BrCl2N4S. The Kier molecular flexibility index (Phi) is 7.75. The lowest BCUT2D eigenvalue weighted by molar-refractivity contribution is 0.412. The summed E-state index contributed by atoms with van der Waals surface area (Å²) < 4.78 is 1.05. The molecule has 31 heavy (non-hydrogen) atoms. The molecule has 2 aromatic rings. The van der Waals surface area contributed by atoms with E-state index in [0.717, 1.165) is 22.3 Å². The highest BCUT2D eigenvalue weighted by Crippen LogP contribution is 2.39. The quantitative estimate of drug-likeness (QED) is 0.407. The fourth-order valence-corrected chi connectivity index (χ4v) is 5.18. The number of halogens is 3.